The zero-order chi connectivity index (χ0) is 17.4. The van der Waals surface area contributed by atoms with Crippen molar-refractivity contribution < 1.29 is 18.3 Å². The number of halogens is 1. The lowest BCUT2D eigenvalue weighted by Gasteiger charge is -2.30. The molecule has 134 valence electrons. The number of urea groups is 1. The number of amides is 2. The SMILES string of the molecule is Cc1c(CNC(=O)N[C@H]2CCO[C@@H](C3CC3)C2)oc2ccc(F)cc12. The van der Waals surface area contributed by atoms with E-state index in [0.29, 0.717) is 30.0 Å². The summed E-state index contributed by atoms with van der Waals surface area (Å²) in [4.78, 5) is 12.2. The van der Waals surface area contributed by atoms with Crippen molar-refractivity contribution in [1.82, 2.24) is 10.6 Å². The van der Waals surface area contributed by atoms with Gasteiger partial charge in [-0.15, -0.1) is 0 Å². The molecule has 1 saturated heterocycles. The summed E-state index contributed by atoms with van der Waals surface area (Å²) in [6.45, 7) is 2.86. The zero-order valence-electron chi connectivity index (χ0n) is 14.3. The van der Waals surface area contributed by atoms with Gasteiger partial charge in [0.2, 0.25) is 0 Å². The van der Waals surface area contributed by atoms with Gasteiger partial charge >= 0.3 is 6.03 Å². The van der Waals surface area contributed by atoms with Gasteiger partial charge in [0.25, 0.3) is 0 Å². The molecule has 25 heavy (non-hydrogen) atoms. The maximum Gasteiger partial charge on any atom is 0.315 e. The maximum atomic E-state index is 13.4. The third kappa shape index (κ3) is 3.63. The summed E-state index contributed by atoms with van der Waals surface area (Å²) in [6, 6.07) is 4.40. The van der Waals surface area contributed by atoms with Crippen LogP contribution in [0.15, 0.2) is 22.6 Å². The molecule has 4 rings (SSSR count). The zero-order valence-corrected chi connectivity index (χ0v) is 14.3. The van der Waals surface area contributed by atoms with Crippen molar-refractivity contribution in [2.45, 2.75) is 51.3 Å². The Balaban J connectivity index is 1.33. The molecule has 1 aliphatic heterocycles. The molecular weight excluding hydrogens is 323 g/mol. The smallest absolute Gasteiger partial charge is 0.315 e. The average Bonchev–Trinajstić information content (AvgIpc) is 3.40. The van der Waals surface area contributed by atoms with Crippen molar-refractivity contribution in [1.29, 1.82) is 0 Å². The molecule has 1 aliphatic carbocycles. The normalized spacial score (nSPS) is 23.6. The Morgan fingerprint density at radius 1 is 1.32 bits per heavy atom. The van der Waals surface area contributed by atoms with Crippen LogP contribution in [-0.4, -0.2) is 24.8 Å². The molecule has 2 N–H and O–H groups in total. The molecule has 2 heterocycles. The molecule has 2 atom stereocenters. The lowest BCUT2D eigenvalue weighted by atomic mass is 10.0. The van der Waals surface area contributed by atoms with Crippen LogP contribution in [0.25, 0.3) is 11.0 Å². The lowest BCUT2D eigenvalue weighted by Crippen LogP contribution is -2.46. The molecule has 2 amide bonds. The summed E-state index contributed by atoms with van der Waals surface area (Å²) in [5.41, 5.74) is 1.49. The molecule has 5 nitrogen and oxygen atoms in total. The van der Waals surface area contributed by atoms with E-state index in [4.69, 9.17) is 9.15 Å². The van der Waals surface area contributed by atoms with E-state index in [9.17, 15) is 9.18 Å². The predicted molar refractivity (Wildman–Crippen MR) is 91.8 cm³/mol. The van der Waals surface area contributed by atoms with Gasteiger partial charge in [0.1, 0.15) is 17.2 Å². The number of carbonyl (C=O) groups excluding carboxylic acids is 1. The van der Waals surface area contributed by atoms with Gasteiger partial charge in [-0.25, -0.2) is 9.18 Å². The first-order valence-corrected chi connectivity index (χ1v) is 8.93. The van der Waals surface area contributed by atoms with E-state index in [2.05, 4.69) is 10.6 Å². The average molecular weight is 346 g/mol. The van der Waals surface area contributed by atoms with Crippen molar-refractivity contribution in [2.75, 3.05) is 6.61 Å². The van der Waals surface area contributed by atoms with Gasteiger partial charge in [-0.2, -0.15) is 0 Å². The summed E-state index contributed by atoms with van der Waals surface area (Å²) in [6.07, 6.45) is 4.53. The monoisotopic (exact) mass is 346 g/mol. The van der Waals surface area contributed by atoms with Crippen molar-refractivity contribution in [3.63, 3.8) is 0 Å². The molecule has 0 unspecified atom stereocenters. The minimum atomic E-state index is -0.293. The van der Waals surface area contributed by atoms with Gasteiger partial charge in [-0.3, -0.25) is 0 Å². The van der Waals surface area contributed by atoms with E-state index in [1.165, 1.54) is 25.0 Å². The number of hydrogen-bond acceptors (Lipinski definition) is 3. The van der Waals surface area contributed by atoms with Crippen molar-refractivity contribution in [3.8, 4) is 0 Å². The second-order valence-electron chi connectivity index (χ2n) is 7.09. The van der Waals surface area contributed by atoms with E-state index in [1.807, 2.05) is 6.92 Å². The molecule has 1 aromatic heterocycles. The maximum absolute atomic E-state index is 13.4. The number of carbonyl (C=O) groups is 1. The van der Waals surface area contributed by atoms with E-state index in [1.54, 1.807) is 6.07 Å². The topological polar surface area (TPSA) is 63.5 Å². The van der Waals surface area contributed by atoms with Crippen LogP contribution in [-0.2, 0) is 11.3 Å². The highest BCUT2D eigenvalue weighted by atomic mass is 19.1. The van der Waals surface area contributed by atoms with Gasteiger partial charge in [-0.1, -0.05) is 0 Å². The van der Waals surface area contributed by atoms with Crippen LogP contribution in [0.5, 0.6) is 0 Å². The third-order valence-corrected chi connectivity index (χ3v) is 5.20. The summed E-state index contributed by atoms with van der Waals surface area (Å²) >= 11 is 0. The van der Waals surface area contributed by atoms with E-state index in [-0.39, 0.29) is 24.4 Å². The van der Waals surface area contributed by atoms with E-state index in [0.717, 1.165) is 23.8 Å². The Morgan fingerprint density at radius 3 is 2.96 bits per heavy atom. The highest BCUT2D eigenvalue weighted by Gasteiger charge is 2.36. The van der Waals surface area contributed by atoms with Crippen LogP contribution in [0.4, 0.5) is 9.18 Å². The first-order chi connectivity index (χ1) is 12.1. The number of ether oxygens (including phenoxy) is 1. The van der Waals surface area contributed by atoms with Crippen LogP contribution in [0.1, 0.15) is 37.0 Å². The van der Waals surface area contributed by atoms with Crippen molar-refractivity contribution in [3.05, 3.63) is 35.3 Å². The fourth-order valence-electron chi connectivity index (χ4n) is 3.57. The number of fused-ring (bicyclic) bond motifs is 1. The van der Waals surface area contributed by atoms with Gasteiger partial charge in [-0.05, 0) is 56.7 Å². The minimum absolute atomic E-state index is 0.158. The predicted octanol–water partition coefficient (Wildman–Crippen LogP) is 3.64. The Bertz CT molecular complexity index is 784. The summed E-state index contributed by atoms with van der Waals surface area (Å²) in [5, 5.41) is 6.62. The number of hydrogen-bond donors (Lipinski definition) is 2. The molecule has 0 radical (unpaired) electrons. The molecule has 0 bridgehead atoms. The second kappa shape index (κ2) is 6.67. The quantitative estimate of drug-likeness (QED) is 0.888. The highest BCUT2D eigenvalue weighted by Crippen LogP contribution is 2.38. The fourth-order valence-corrected chi connectivity index (χ4v) is 3.57. The summed E-state index contributed by atoms with van der Waals surface area (Å²) < 4.78 is 24.9. The van der Waals surface area contributed by atoms with Crippen LogP contribution < -0.4 is 10.6 Å². The Kier molecular flexibility index (Phi) is 4.37. The highest BCUT2D eigenvalue weighted by molar-refractivity contribution is 5.82. The molecule has 2 aromatic rings. The minimum Gasteiger partial charge on any atom is -0.459 e. The van der Waals surface area contributed by atoms with Gasteiger partial charge in [0.05, 0.1) is 12.6 Å². The Morgan fingerprint density at radius 2 is 2.16 bits per heavy atom. The Labute approximate surface area is 145 Å². The Hall–Kier alpha value is -2.08. The largest absolute Gasteiger partial charge is 0.459 e. The van der Waals surface area contributed by atoms with Crippen LogP contribution in [0.2, 0.25) is 0 Å². The standard InChI is InChI=1S/C19H23FN2O3/c1-11-15-8-13(20)4-5-16(15)25-18(11)10-21-19(23)22-14-6-7-24-17(9-14)12-2-3-12/h4-5,8,12,14,17H,2-3,6-7,9-10H2,1H3,(H2,21,22,23)/t14-,17+/m0/s1. The molecule has 0 spiro atoms. The number of rotatable bonds is 4. The first kappa shape index (κ1) is 16.4. The van der Waals surface area contributed by atoms with Crippen LogP contribution in [0.3, 0.4) is 0 Å². The number of benzene rings is 1. The van der Waals surface area contributed by atoms with E-state index < -0.39 is 0 Å². The molecule has 1 saturated carbocycles. The van der Waals surface area contributed by atoms with Gasteiger partial charge < -0.3 is 19.8 Å². The van der Waals surface area contributed by atoms with Crippen molar-refractivity contribution >= 4 is 17.0 Å². The molecular formula is C19H23FN2O3. The number of nitrogens with one attached hydrogen (secondary N) is 2. The summed E-state index contributed by atoms with van der Waals surface area (Å²) in [7, 11) is 0. The summed E-state index contributed by atoms with van der Waals surface area (Å²) in [5.74, 6) is 1.04. The van der Waals surface area contributed by atoms with Crippen molar-refractivity contribution in [2.24, 2.45) is 5.92 Å². The van der Waals surface area contributed by atoms with Gasteiger partial charge in [0, 0.05) is 23.6 Å². The molecule has 2 aliphatic rings. The third-order valence-electron chi connectivity index (χ3n) is 5.20. The van der Waals surface area contributed by atoms with Gasteiger partial charge in [0.15, 0.2) is 0 Å². The lowest BCUT2D eigenvalue weighted by molar-refractivity contribution is -0.00915. The number of aryl methyl sites for hydroxylation is 1. The molecule has 6 heteroatoms. The van der Waals surface area contributed by atoms with Crippen LogP contribution >= 0.6 is 0 Å². The van der Waals surface area contributed by atoms with Crippen LogP contribution in [0, 0.1) is 18.7 Å². The molecule has 1 aromatic carbocycles. The second-order valence-corrected chi connectivity index (χ2v) is 7.09. The first-order valence-electron chi connectivity index (χ1n) is 8.93. The molecule has 2 fully saturated rings. The number of furan rings is 1. The van der Waals surface area contributed by atoms with E-state index >= 15 is 0 Å². The fraction of sp³-hybridized carbons (Fsp3) is 0.526.